The lowest BCUT2D eigenvalue weighted by molar-refractivity contribution is 0.346. The van der Waals surface area contributed by atoms with E-state index in [0.717, 1.165) is 43.9 Å². The molecule has 2 N–H and O–H groups in total. The Morgan fingerprint density at radius 3 is 2.31 bits per heavy atom. The summed E-state index contributed by atoms with van der Waals surface area (Å²) in [6.07, 6.45) is 5.10. The lowest BCUT2D eigenvalue weighted by Gasteiger charge is -2.25. The first kappa shape index (κ1) is 26.5. The number of nitrogens with zero attached hydrogens (tertiary/aromatic N) is 2. The van der Waals surface area contributed by atoms with Crippen LogP contribution in [0.1, 0.15) is 45.6 Å². The van der Waals surface area contributed by atoms with Crippen molar-refractivity contribution in [2.24, 2.45) is 4.99 Å². The Morgan fingerprint density at radius 1 is 1.14 bits per heavy atom. The molecule has 0 saturated carbocycles. The molecule has 29 heavy (non-hydrogen) atoms. The highest BCUT2D eigenvalue weighted by Crippen LogP contribution is 2.21. The van der Waals surface area contributed by atoms with E-state index in [1.165, 1.54) is 0 Å². The molecule has 0 aromatic heterocycles. The first-order chi connectivity index (χ1) is 13.3. The molecule has 1 aromatic rings. The third-order valence-electron chi connectivity index (χ3n) is 4.87. The van der Waals surface area contributed by atoms with Crippen LogP contribution in [-0.4, -0.2) is 55.9 Å². The van der Waals surface area contributed by atoms with Crippen molar-refractivity contribution in [2.45, 2.75) is 56.2 Å². The number of aliphatic imine (C=N–C) groups is 1. The van der Waals surface area contributed by atoms with Crippen LogP contribution in [0.25, 0.3) is 0 Å². The zero-order valence-electron chi connectivity index (χ0n) is 17.9. The largest absolute Gasteiger partial charge is 0.357 e. The van der Waals surface area contributed by atoms with Crippen molar-refractivity contribution in [3.8, 4) is 0 Å². The molecule has 0 radical (unpaired) electrons. The van der Waals surface area contributed by atoms with E-state index in [1.54, 1.807) is 16.4 Å². The molecule has 9 heteroatoms. The molecule has 1 aliphatic heterocycles. The molecule has 0 aliphatic carbocycles. The van der Waals surface area contributed by atoms with Crippen LogP contribution in [0.2, 0.25) is 0 Å². The number of halogens is 1. The lowest BCUT2D eigenvalue weighted by atomic mass is 10.2. The van der Waals surface area contributed by atoms with Crippen LogP contribution in [0, 0.1) is 0 Å². The molecular weight excluding hydrogens is 519 g/mol. The van der Waals surface area contributed by atoms with E-state index in [1.807, 2.05) is 30.8 Å². The summed E-state index contributed by atoms with van der Waals surface area (Å²) in [6, 6.07) is 7.11. The summed E-state index contributed by atoms with van der Waals surface area (Å²) in [5, 5.41) is 6.63. The third-order valence-corrected chi connectivity index (χ3v) is 8.04. The fraction of sp³-hybridized carbons (Fsp3) is 0.650. The molecule has 1 aliphatic rings. The second-order valence-electron chi connectivity index (χ2n) is 7.62. The summed E-state index contributed by atoms with van der Waals surface area (Å²) >= 11 is 1.81. The predicted molar refractivity (Wildman–Crippen MR) is 135 cm³/mol. The van der Waals surface area contributed by atoms with Gasteiger partial charge in [0.25, 0.3) is 0 Å². The Hall–Kier alpha value is -0.520. The fourth-order valence-electron chi connectivity index (χ4n) is 2.90. The van der Waals surface area contributed by atoms with Gasteiger partial charge in [0.05, 0.1) is 11.4 Å². The second-order valence-corrected chi connectivity index (χ2v) is 11.1. The zero-order chi connectivity index (χ0) is 20.6. The van der Waals surface area contributed by atoms with Gasteiger partial charge in [-0.3, -0.25) is 0 Å². The number of sulfonamides is 1. The molecule has 0 unspecified atom stereocenters. The van der Waals surface area contributed by atoms with Gasteiger partial charge >= 0.3 is 0 Å². The van der Waals surface area contributed by atoms with Crippen molar-refractivity contribution in [2.75, 3.05) is 32.4 Å². The molecule has 1 saturated heterocycles. The van der Waals surface area contributed by atoms with Gasteiger partial charge in [0.2, 0.25) is 10.0 Å². The van der Waals surface area contributed by atoms with Crippen molar-refractivity contribution in [1.29, 1.82) is 0 Å². The number of benzene rings is 1. The summed E-state index contributed by atoms with van der Waals surface area (Å²) in [7, 11) is -3.38. The average Bonchev–Trinajstić information content (AvgIpc) is 2.71. The highest BCUT2D eigenvalue weighted by molar-refractivity contribution is 14.0. The quantitative estimate of drug-likeness (QED) is 0.292. The van der Waals surface area contributed by atoms with Gasteiger partial charge in [0.1, 0.15) is 0 Å². The molecule has 1 heterocycles. The Labute approximate surface area is 197 Å². The van der Waals surface area contributed by atoms with E-state index >= 15 is 0 Å². The van der Waals surface area contributed by atoms with Crippen LogP contribution in [0.15, 0.2) is 34.2 Å². The van der Waals surface area contributed by atoms with Crippen molar-refractivity contribution in [1.82, 2.24) is 14.9 Å². The molecule has 166 valence electrons. The minimum Gasteiger partial charge on any atom is -0.357 e. The van der Waals surface area contributed by atoms with Gasteiger partial charge in [-0.15, -0.1) is 24.0 Å². The van der Waals surface area contributed by atoms with E-state index in [2.05, 4.69) is 35.7 Å². The van der Waals surface area contributed by atoms with Crippen molar-refractivity contribution in [3.05, 3.63) is 29.8 Å². The predicted octanol–water partition coefficient (Wildman–Crippen LogP) is 3.68. The van der Waals surface area contributed by atoms with Gasteiger partial charge in [-0.2, -0.15) is 16.1 Å². The van der Waals surface area contributed by atoms with Crippen molar-refractivity contribution in [3.63, 3.8) is 0 Å². The highest BCUT2D eigenvalue weighted by atomic mass is 127. The Bertz CT molecular complexity index is 746. The highest BCUT2D eigenvalue weighted by Gasteiger charge is 2.25. The van der Waals surface area contributed by atoms with Gasteiger partial charge < -0.3 is 10.6 Å². The molecular formula is C20H35IN4O2S2. The summed E-state index contributed by atoms with van der Waals surface area (Å²) in [5.74, 6) is 0.773. The Kier molecular flexibility index (Phi) is 11.3. The van der Waals surface area contributed by atoms with E-state index in [9.17, 15) is 8.42 Å². The maximum absolute atomic E-state index is 12.7. The van der Waals surface area contributed by atoms with Gasteiger partial charge in [-0.1, -0.05) is 18.6 Å². The smallest absolute Gasteiger partial charge is 0.243 e. The van der Waals surface area contributed by atoms with Crippen LogP contribution in [0.3, 0.4) is 0 Å². The van der Waals surface area contributed by atoms with Gasteiger partial charge in [-0.05, 0) is 57.6 Å². The number of piperidine rings is 1. The van der Waals surface area contributed by atoms with Crippen LogP contribution < -0.4 is 10.6 Å². The van der Waals surface area contributed by atoms with E-state index in [4.69, 9.17) is 0 Å². The third kappa shape index (κ3) is 8.26. The van der Waals surface area contributed by atoms with E-state index in [0.29, 0.717) is 24.5 Å². The monoisotopic (exact) mass is 554 g/mol. The Morgan fingerprint density at radius 2 is 1.76 bits per heavy atom. The van der Waals surface area contributed by atoms with Crippen LogP contribution in [-0.2, 0) is 16.6 Å². The van der Waals surface area contributed by atoms with Gasteiger partial charge in [0.15, 0.2) is 5.96 Å². The second kappa shape index (κ2) is 12.4. The molecule has 0 amide bonds. The molecule has 1 aromatic carbocycles. The summed E-state index contributed by atoms with van der Waals surface area (Å²) in [4.78, 5) is 5.00. The summed E-state index contributed by atoms with van der Waals surface area (Å²) in [6.45, 7) is 9.77. The van der Waals surface area contributed by atoms with Crippen LogP contribution in [0.5, 0.6) is 0 Å². The molecule has 0 spiro atoms. The Balaban J connectivity index is 0.00000420. The topological polar surface area (TPSA) is 73.8 Å². The zero-order valence-corrected chi connectivity index (χ0v) is 21.9. The van der Waals surface area contributed by atoms with Crippen molar-refractivity contribution >= 4 is 51.7 Å². The minimum atomic E-state index is -3.38. The normalized spacial score (nSPS) is 16.2. The van der Waals surface area contributed by atoms with Gasteiger partial charge in [0, 0.05) is 30.9 Å². The molecule has 2 rings (SSSR count). The number of hydrogen-bond acceptors (Lipinski definition) is 4. The fourth-order valence-corrected chi connectivity index (χ4v) is 4.64. The van der Waals surface area contributed by atoms with Crippen LogP contribution in [0.4, 0.5) is 0 Å². The van der Waals surface area contributed by atoms with Crippen molar-refractivity contribution < 1.29 is 8.42 Å². The minimum absolute atomic E-state index is 0. The molecule has 6 nitrogen and oxygen atoms in total. The molecule has 1 fully saturated rings. The maximum atomic E-state index is 12.7. The molecule has 0 bridgehead atoms. The number of thioether (sulfide) groups is 1. The summed E-state index contributed by atoms with van der Waals surface area (Å²) in [5.41, 5.74) is 0.985. The molecule has 0 atom stereocenters. The number of nitrogens with one attached hydrogen (secondary N) is 2. The van der Waals surface area contributed by atoms with E-state index in [-0.39, 0.29) is 28.7 Å². The average molecular weight is 555 g/mol. The summed E-state index contributed by atoms with van der Waals surface area (Å²) < 4.78 is 27.2. The maximum Gasteiger partial charge on any atom is 0.243 e. The standard InChI is InChI=1S/C20H34N4O2S2.HI/c1-5-21-19(23-16-20(2,3)27-4)22-15-17-9-11-18(12-10-17)28(25,26)24-13-7-6-8-14-24;/h9-12H,5-8,13-16H2,1-4H3,(H2,21,22,23);1H. The number of guanidine groups is 1. The first-order valence-electron chi connectivity index (χ1n) is 9.95. The van der Waals surface area contributed by atoms with Crippen LogP contribution >= 0.6 is 35.7 Å². The van der Waals surface area contributed by atoms with Gasteiger partial charge in [-0.25, -0.2) is 13.4 Å². The SMILES string of the molecule is CCNC(=NCc1ccc(S(=O)(=O)N2CCCCC2)cc1)NCC(C)(C)SC.I. The first-order valence-corrected chi connectivity index (χ1v) is 12.6. The number of rotatable bonds is 8. The lowest BCUT2D eigenvalue weighted by Crippen LogP contribution is -2.43. The number of hydrogen-bond donors (Lipinski definition) is 2. The van der Waals surface area contributed by atoms with E-state index < -0.39 is 10.0 Å².